The third-order valence-electron chi connectivity index (χ3n) is 5.02. The highest BCUT2D eigenvalue weighted by Crippen LogP contribution is 2.24. The second-order valence-corrected chi connectivity index (χ2v) is 7.45. The molecule has 0 unspecified atom stereocenters. The molecule has 0 aliphatic carbocycles. The van der Waals surface area contributed by atoms with Crippen molar-refractivity contribution in [3.63, 3.8) is 0 Å². The summed E-state index contributed by atoms with van der Waals surface area (Å²) in [5.41, 5.74) is 3.75. The lowest BCUT2D eigenvalue weighted by atomic mass is 10.0. The first-order valence-electron chi connectivity index (χ1n) is 9.23. The molecule has 5 heteroatoms. The topological polar surface area (TPSA) is 59.8 Å². The summed E-state index contributed by atoms with van der Waals surface area (Å²) in [7, 11) is 0. The van der Waals surface area contributed by atoms with E-state index >= 15 is 0 Å². The van der Waals surface area contributed by atoms with Crippen LogP contribution >= 0.6 is 0 Å². The fourth-order valence-corrected chi connectivity index (χ4v) is 3.55. The average molecular weight is 340 g/mol. The van der Waals surface area contributed by atoms with Crippen LogP contribution in [0.5, 0.6) is 0 Å². The molecule has 134 valence electrons. The number of rotatable bonds is 6. The predicted octanol–water partition coefficient (Wildman–Crippen LogP) is 3.29. The smallest absolute Gasteiger partial charge is 0.220 e. The number of hydrogen-bond donors (Lipinski definition) is 1. The molecule has 2 heterocycles. The molecule has 0 saturated carbocycles. The highest BCUT2D eigenvalue weighted by atomic mass is 16.1. The lowest BCUT2D eigenvalue weighted by molar-refractivity contribution is -0.122. The largest absolute Gasteiger partial charge is 0.346 e. The van der Waals surface area contributed by atoms with Gasteiger partial charge in [-0.2, -0.15) is 0 Å². The van der Waals surface area contributed by atoms with Crippen LogP contribution in [0, 0.1) is 19.8 Å². The maximum atomic E-state index is 12.5. The minimum Gasteiger partial charge on any atom is -0.346 e. The Morgan fingerprint density at radius 3 is 2.80 bits per heavy atom. The molecule has 25 heavy (non-hydrogen) atoms. The van der Waals surface area contributed by atoms with Crippen molar-refractivity contribution in [1.82, 2.24) is 20.1 Å². The molecule has 2 aromatic rings. The molecule has 0 radical (unpaired) electrons. The van der Waals surface area contributed by atoms with E-state index < -0.39 is 0 Å². The molecular formula is C20H28N4O. The van der Waals surface area contributed by atoms with Crippen molar-refractivity contribution < 1.29 is 4.79 Å². The van der Waals surface area contributed by atoms with Gasteiger partial charge in [0, 0.05) is 19.4 Å². The third-order valence-corrected chi connectivity index (χ3v) is 5.02. The Balaban J connectivity index is 1.65. The Labute approximate surface area is 149 Å². The van der Waals surface area contributed by atoms with Gasteiger partial charge in [-0.25, -0.2) is 0 Å². The highest BCUT2D eigenvalue weighted by molar-refractivity contribution is 5.76. The van der Waals surface area contributed by atoms with Gasteiger partial charge in [0.25, 0.3) is 0 Å². The molecule has 0 bridgehead atoms. The van der Waals surface area contributed by atoms with Crippen molar-refractivity contribution in [2.24, 2.45) is 5.92 Å². The molecule has 1 N–H and O–H groups in total. The average Bonchev–Trinajstić information content (AvgIpc) is 3.15. The van der Waals surface area contributed by atoms with Gasteiger partial charge in [0.2, 0.25) is 5.91 Å². The van der Waals surface area contributed by atoms with E-state index in [9.17, 15) is 4.79 Å². The van der Waals surface area contributed by atoms with E-state index in [2.05, 4.69) is 66.0 Å². The lowest BCUT2D eigenvalue weighted by Gasteiger charge is -2.22. The quantitative estimate of drug-likeness (QED) is 0.878. The van der Waals surface area contributed by atoms with Crippen LogP contribution in [0.4, 0.5) is 0 Å². The Morgan fingerprint density at radius 1 is 1.28 bits per heavy atom. The fraction of sp³-hybridized carbons (Fsp3) is 0.550. The molecule has 5 nitrogen and oxygen atoms in total. The zero-order chi connectivity index (χ0) is 18.0. The van der Waals surface area contributed by atoms with E-state index in [1.54, 1.807) is 0 Å². The second kappa shape index (κ2) is 7.38. The summed E-state index contributed by atoms with van der Waals surface area (Å²) in [6.45, 7) is 9.39. The SMILES string of the molecule is Cc1ccc(CCC(=O)N[C@H](c2nnc3n2CCC3)C(C)C)c(C)c1. The van der Waals surface area contributed by atoms with Crippen molar-refractivity contribution in [3.8, 4) is 0 Å². The molecule has 0 fully saturated rings. The van der Waals surface area contributed by atoms with Crippen LogP contribution in [0.15, 0.2) is 18.2 Å². The Kier molecular flexibility index (Phi) is 5.21. The van der Waals surface area contributed by atoms with Gasteiger partial charge >= 0.3 is 0 Å². The standard InChI is InChI=1S/C20H28N4O/c1-13(2)19(20-23-22-17-6-5-11-24(17)20)21-18(25)10-9-16-8-7-14(3)12-15(16)4/h7-8,12-13,19H,5-6,9-11H2,1-4H3,(H,21,25)/t19-/m0/s1. The van der Waals surface area contributed by atoms with E-state index in [0.29, 0.717) is 6.42 Å². The monoisotopic (exact) mass is 340 g/mol. The van der Waals surface area contributed by atoms with Crippen molar-refractivity contribution in [2.45, 2.75) is 66.0 Å². The number of nitrogens with zero attached hydrogens (tertiary/aromatic N) is 3. The second-order valence-electron chi connectivity index (χ2n) is 7.45. The van der Waals surface area contributed by atoms with Gasteiger partial charge in [0.05, 0.1) is 6.04 Å². The third kappa shape index (κ3) is 3.91. The Hall–Kier alpha value is -2.17. The van der Waals surface area contributed by atoms with E-state index in [-0.39, 0.29) is 17.9 Å². The summed E-state index contributed by atoms with van der Waals surface area (Å²) < 4.78 is 2.18. The number of aryl methyl sites for hydroxylation is 4. The number of amides is 1. The number of carbonyl (C=O) groups excluding carboxylic acids is 1. The minimum atomic E-state index is -0.0778. The molecule has 1 aromatic heterocycles. The number of nitrogens with one attached hydrogen (secondary N) is 1. The molecule has 3 rings (SSSR count). The number of aromatic nitrogens is 3. The minimum absolute atomic E-state index is 0.0778. The van der Waals surface area contributed by atoms with Crippen molar-refractivity contribution in [3.05, 3.63) is 46.5 Å². The molecule has 1 atom stereocenters. The number of benzene rings is 1. The van der Waals surface area contributed by atoms with Crippen LogP contribution < -0.4 is 5.32 Å². The van der Waals surface area contributed by atoms with Crippen LogP contribution in [0.3, 0.4) is 0 Å². The van der Waals surface area contributed by atoms with E-state index in [4.69, 9.17) is 0 Å². The first kappa shape index (κ1) is 17.6. The van der Waals surface area contributed by atoms with Gasteiger partial charge in [-0.15, -0.1) is 10.2 Å². The number of hydrogen-bond acceptors (Lipinski definition) is 3. The van der Waals surface area contributed by atoms with Crippen LogP contribution in [0.25, 0.3) is 0 Å². The highest BCUT2D eigenvalue weighted by Gasteiger charge is 2.27. The molecule has 1 aliphatic heterocycles. The van der Waals surface area contributed by atoms with Crippen LogP contribution in [-0.2, 0) is 24.2 Å². The Bertz CT molecular complexity index is 763. The lowest BCUT2D eigenvalue weighted by Crippen LogP contribution is -2.33. The predicted molar refractivity (Wildman–Crippen MR) is 98.3 cm³/mol. The zero-order valence-electron chi connectivity index (χ0n) is 15.7. The summed E-state index contributed by atoms with van der Waals surface area (Å²) in [5.74, 6) is 2.31. The summed E-state index contributed by atoms with van der Waals surface area (Å²) >= 11 is 0. The molecule has 1 amide bonds. The van der Waals surface area contributed by atoms with Crippen LogP contribution in [-0.4, -0.2) is 20.7 Å². The zero-order valence-corrected chi connectivity index (χ0v) is 15.7. The van der Waals surface area contributed by atoms with Crippen LogP contribution in [0.2, 0.25) is 0 Å². The summed E-state index contributed by atoms with van der Waals surface area (Å²) in [5, 5.41) is 11.8. The van der Waals surface area contributed by atoms with Crippen molar-refractivity contribution in [2.75, 3.05) is 0 Å². The first-order chi connectivity index (χ1) is 12.0. The van der Waals surface area contributed by atoms with Gasteiger partial charge < -0.3 is 9.88 Å². The summed E-state index contributed by atoms with van der Waals surface area (Å²) in [6.07, 6.45) is 3.36. The van der Waals surface area contributed by atoms with Crippen molar-refractivity contribution >= 4 is 5.91 Å². The molecule has 1 aromatic carbocycles. The van der Waals surface area contributed by atoms with Crippen molar-refractivity contribution in [1.29, 1.82) is 0 Å². The fourth-order valence-electron chi connectivity index (χ4n) is 3.55. The molecule has 0 saturated heterocycles. The maximum absolute atomic E-state index is 12.5. The van der Waals surface area contributed by atoms with Gasteiger partial charge in [-0.1, -0.05) is 37.6 Å². The normalized spacial score (nSPS) is 14.6. The van der Waals surface area contributed by atoms with E-state index in [1.807, 2.05) is 0 Å². The van der Waals surface area contributed by atoms with Gasteiger partial charge in [0.15, 0.2) is 5.82 Å². The van der Waals surface area contributed by atoms with Gasteiger partial charge in [-0.05, 0) is 43.7 Å². The number of fused-ring (bicyclic) bond motifs is 1. The van der Waals surface area contributed by atoms with E-state index in [0.717, 1.165) is 37.5 Å². The van der Waals surface area contributed by atoms with Gasteiger partial charge in [-0.3, -0.25) is 4.79 Å². The first-order valence-corrected chi connectivity index (χ1v) is 9.23. The van der Waals surface area contributed by atoms with E-state index in [1.165, 1.54) is 16.7 Å². The molecule has 0 spiro atoms. The Morgan fingerprint density at radius 2 is 2.08 bits per heavy atom. The summed E-state index contributed by atoms with van der Waals surface area (Å²) in [6, 6.07) is 6.33. The van der Waals surface area contributed by atoms with Gasteiger partial charge in [0.1, 0.15) is 5.82 Å². The van der Waals surface area contributed by atoms with Crippen LogP contribution in [0.1, 0.15) is 61.1 Å². The molecule has 1 aliphatic rings. The maximum Gasteiger partial charge on any atom is 0.220 e. The molecular weight excluding hydrogens is 312 g/mol. The number of carbonyl (C=O) groups is 1. The summed E-state index contributed by atoms with van der Waals surface area (Å²) in [4.78, 5) is 12.5.